The summed E-state index contributed by atoms with van der Waals surface area (Å²) in [7, 11) is 0. The normalized spacial score (nSPS) is 10.8. The van der Waals surface area contributed by atoms with Gasteiger partial charge in [-0.05, 0) is 18.6 Å². The van der Waals surface area contributed by atoms with Gasteiger partial charge in [-0.1, -0.05) is 54.1 Å². The maximum atomic E-state index is 5.96. The van der Waals surface area contributed by atoms with Crippen molar-refractivity contribution in [3.63, 3.8) is 0 Å². The summed E-state index contributed by atoms with van der Waals surface area (Å²) in [6, 6.07) is 18.0. The summed E-state index contributed by atoms with van der Waals surface area (Å²) in [4.78, 5) is 6.03. The molecule has 0 amide bonds. The first-order valence-electron chi connectivity index (χ1n) is 6.65. The van der Waals surface area contributed by atoms with Gasteiger partial charge in [0.05, 0.1) is 5.69 Å². The minimum Gasteiger partial charge on any atom is -0.236 e. The summed E-state index contributed by atoms with van der Waals surface area (Å²) in [5.41, 5.74) is 3.23. The summed E-state index contributed by atoms with van der Waals surface area (Å²) in [6.07, 6.45) is 0.823. The first-order valence-corrected chi connectivity index (χ1v) is 8.38. The molecule has 1 aromatic heterocycles. The van der Waals surface area contributed by atoms with Gasteiger partial charge in [0.1, 0.15) is 5.01 Å². The van der Waals surface area contributed by atoms with E-state index < -0.39 is 0 Å². The summed E-state index contributed by atoms with van der Waals surface area (Å²) < 4.78 is 0. The van der Waals surface area contributed by atoms with Gasteiger partial charge < -0.3 is 0 Å². The molecule has 1 nitrogen and oxygen atoms in total. The molecule has 0 aliphatic rings. The molecule has 3 rings (SSSR count). The molecule has 0 spiro atoms. The Hall–Kier alpha value is -1.35. The number of halogens is 2. The number of rotatable bonds is 4. The number of aromatic nitrogens is 1. The van der Waals surface area contributed by atoms with Crippen molar-refractivity contribution in [2.75, 3.05) is 5.88 Å². The molecule has 2 aromatic carbocycles. The van der Waals surface area contributed by atoms with E-state index in [9.17, 15) is 0 Å². The standard InChI is InChI=1S/C17H13Cl2NS/c18-11-10-15-16(12-6-8-14(19)9-7-12)20-17(21-15)13-4-2-1-3-5-13/h1-9H,10-11H2. The van der Waals surface area contributed by atoms with Crippen molar-refractivity contribution in [3.8, 4) is 21.8 Å². The molecule has 1 heterocycles. The van der Waals surface area contributed by atoms with Crippen LogP contribution in [0.5, 0.6) is 0 Å². The maximum Gasteiger partial charge on any atom is 0.124 e. The molecule has 0 saturated heterocycles. The molecule has 21 heavy (non-hydrogen) atoms. The Labute approximate surface area is 138 Å². The molecule has 0 fully saturated rings. The summed E-state index contributed by atoms with van der Waals surface area (Å²) in [6.45, 7) is 0. The van der Waals surface area contributed by atoms with Crippen molar-refractivity contribution < 1.29 is 0 Å². The number of nitrogens with zero attached hydrogens (tertiary/aromatic N) is 1. The van der Waals surface area contributed by atoms with E-state index >= 15 is 0 Å². The molecule has 0 saturated carbocycles. The number of hydrogen-bond donors (Lipinski definition) is 0. The molecule has 0 bridgehead atoms. The lowest BCUT2D eigenvalue weighted by atomic mass is 10.1. The van der Waals surface area contributed by atoms with Gasteiger partial charge in [-0.3, -0.25) is 0 Å². The highest BCUT2D eigenvalue weighted by Crippen LogP contribution is 2.34. The summed E-state index contributed by atoms with van der Waals surface area (Å²) >= 11 is 13.6. The number of thiazole rings is 1. The van der Waals surface area contributed by atoms with Gasteiger partial charge in [0.15, 0.2) is 0 Å². The maximum absolute atomic E-state index is 5.96. The van der Waals surface area contributed by atoms with Crippen molar-refractivity contribution in [1.82, 2.24) is 4.98 Å². The molecule has 106 valence electrons. The Balaban J connectivity index is 2.06. The van der Waals surface area contributed by atoms with Crippen molar-refractivity contribution in [1.29, 1.82) is 0 Å². The zero-order chi connectivity index (χ0) is 14.7. The highest BCUT2D eigenvalue weighted by molar-refractivity contribution is 7.15. The topological polar surface area (TPSA) is 12.9 Å². The number of aryl methyl sites for hydroxylation is 1. The average molecular weight is 334 g/mol. The van der Waals surface area contributed by atoms with E-state index in [2.05, 4.69) is 12.1 Å². The molecule has 0 aliphatic carbocycles. The lowest BCUT2D eigenvalue weighted by Gasteiger charge is -2.00. The van der Waals surface area contributed by atoms with Crippen molar-refractivity contribution >= 4 is 34.5 Å². The van der Waals surface area contributed by atoms with Gasteiger partial charge >= 0.3 is 0 Å². The number of benzene rings is 2. The summed E-state index contributed by atoms with van der Waals surface area (Å²) in [5, 5.41) is 1.76. The number of hydrogen-bond acceptors (Lipinski definition) is 2. The predicted molar refractivity (Wildman–Crippen MR) is 92.4 cm³/mol. The molecular weight excluding hydrogens is 321 g/mol. The fraction of sp³-hybridized carbons (Fsp3) is 0.118. The van der Waals surface area contributed by atoms with E-state index in [1.54, 1.807) is 11.3 Å². The second-order valence-electron chi connectivity index (χ2n) is 4.60. The van der Waals surface area contributed by atoms with Crippen molar-refractivity contribution in [2.24, 2.45) is 0 Å². The third-order valence-corrected chi connectivity index (χ3v) is 4.76. The first kappa shape index (κ1) is 14.6. The lowest BCUT2D eigenvalue weighted by Crippen LogP contribution is -1.87. The molecule has 4 heteroatoms. The Kier molecular flexibility index (Phi) is 4.59. The molecule has 0 N–H and O–H groups in total. The highest BCUT2D eigenvalue weighted by Gasteiger charge is 2.13. The van der Waals surface area contributed by atoms with Crippen LogP contribution in [0.1, 0.15) is 4.88 Å². The van der Waals surface area contributed by atoms with E-state index in [0.717, 1.165) is 33.3 Å². The van der Waals surface area contributed by atoms with E-state index in [4.69, 9.17) is 28.2 Å². The lowest BCUT2D eigenvalue weighted by molar-refractivity contribution is 1.18. The van der Waals surface area contributed by atoms with E-state index in [0.29, 0.717) is 5.88 Å². The van der Waals surface area contributed by atoms with Gasteiger partial charge in [0.25, 0.3) is 0 Å². The van der Waals surface area contributed by atoms with Gasteiger partial charge in [-0.25, -0.2) is 4.98 Å². The number of alkyl halides is 1. The van der Waals surface area contributed by atoms with Crippen LogP contribution in [0.2, 0.25) is 5.02 Å². The van der Waals surface area contributed by atoms with Gasteiger partial charge in [-0.15, -0.1) is 22.9 Å². The largest absolute Gasteiger partial charge is 0.236 e. The van der Waals surface area contributed by atoms with Crippen LogP contribution in [-0.4, -0.2) is 10.9 Å². The monoisotopic (exact) mass is 333 g/mol. The van der Waals surface area contributed by atoms with Crippen LogP contribution in [-0.2, 0) is 6.42 Å². The summed E-state index contributed by atoms with van der Waals surface area (Å²) in [5.74, 6) is 0.594. The van der Waals surface area contributed by atoms with Gasteiger partial charge in [-0.2, -0.15) is 0 Å². The molecule has 0 radical (unpaired) electrons. The molecule has 0 unspecified atom stereocenters. The highest BCUT2D eigenvalue weighted by atomic mass is 35.5. The fourth-order valence-corrected chi connectivity index (χ4v) is 3.66. The third-order valence-electron chi connectivity index (χ3n) is 3.16. The minimum atomic E-state index is 0.594. The van der Waals surface area contributed by atoms with Crippen molar-refractivity contribution in [3.05, 3.63) is 64.5 Å². The Morgan fingerprint density at radius 2 is 1.62 bits per heavy atom. The predicted octanol–water partition coefficient (Wildman–Crippen LogP) is 5.91. The van der Waals surface area contributed by atoms with Crippen molar-refractivity contribution in [2.45, 2.75) is 6.42 Å². The molecule has 3 aromatic rings. The zero-order valence-corrected chi connectivity index (χ0v) is 13.6. The zero-order valence-electron chi connectivity index (χ0n) is 11.2. The molecule has 0 atom stereocenters. The minimum absolute atomic E-state index is 0.594. The van der Waals surface area contributed by atoms with Crippen LogP contribution in [0.3, 0.4) is 0 Å². The second kappa shape index (κ2) is 6.61. The quantitative estimate of drug-likeness (QED) is 0.540. The van der Waals surface area contributed by atoms with Crippen LogP contribution < -0.4 is 0 Å². The second-order valence-corrected chi connectivity index (χ2v) is 6.50. The Morgan fingerprint density at radius 3 is 2.29 bits per heavy atom. The third kappa shape index (κ3) is 3.29. The van der Waals surface area contributed by atoms with Gasteiger partial charge in [0, 0.05) is 26.9 Å². The van der Waals surface area contributed by atoms with Crippen LogP contribution in [0.4, 0.5) is 0 Å². The fourth-order valence-electron chi connectivity index (χ4n) is 2.14. The van der Waals surface area contributed by atoms with Crippen LogP contribution in [0, 0.1) is 0 Å². The SMILES string of the molecule is ClCCc1sc(-c2ccccc2)nc1-c1ccc(Cl)cc1. The molecule has 0 aliphatic heterocycles. The first-order chi connectivity index (χ1) is 10.3. The van der Waals surface area contributed by atoms with Crippen LogP contribution >= 0.6 is 34.5 Å². The Bertz CT molecular complexity index is 720. The van der Waals surface area contributed by atoms with Crippen LogP contribution in [0.15, 0.2) is 54.6 Å². The van der Waals surface area contributed by atoms with Gasteiger partial charge in [0.2, 0.25) is 0 Å². The smallest absolute Gasteiger partial charge is 0.124 e. The van der Waals surface area contributed by atoms with E-state index in [-0.39, 0.29) is 0 Å². The van der Waals surface area contributed by atoms with Crippen LogP contribution in [0.25, 0.3) is 21.8 Å². The Morgan fingerprint density at radius 1 is 0.905 bits per heavy atom. The van der Waals surface area contributed by atoms with E-state index in [1.807, 2.05) is 42.5 Å². The average Bonchev–Trinajstić information content (AvgIpc) is 2.93. The van der Waals surface area contributed by atoms with E-state index in [1.165, 1.54) is 4.88 Å². The molecular formula is C17H13Cl2NS.